The number of ether oxygens (including phenoxy) is 1. The monoisotopic (exact) mass is 329 g/mol. The van der Waals surface area contributed by atoms with E-state index in [0.29, 0.717) is 5.92 Å². The van der Waals surface area contributed by atoms with Crippen molar-refractivity contribution in [3.8, 4) is 0 Å². The molecule has 0 amide bonds. The molecule has 0 aromatic rings. The van der Waals surface area contributed by atoms with Crippen molar-refractivity contribution in [2.45, 2.75) is 65.6 Å². The molecule has 3 fully saturated rings. The van der Waals surface area contributed by atoms with E-state index in [1.165, 1.54) is 7.11 Å². The number of esters is 1. The highest BCUT2D eigenvalue weighted by molar-refractivity contribution is 7.57. The Bertz CT molecular complexity index is 546. The quantitative estimate of drug-likeness (QED) is 0.587. The predicted octanol–water partition coefficient (Wildman–Crippen LogP) is 3.29. The summed E-state index contributed by atoms with van der Waals surface area (Å²) in [6.07, 6.45) is 2.07. The highest BCUT2D eigenvalue weighted by atomic mass is 31.2. The number of carbonyl (C=O) groups is 1. The molecule has 1 saturated heterocycles. The minimum atomic E-state index is -3.16. The Morgan fingerprint density at radius 1 is 1.41 bits per heavy atom. The van der Waals surface area contributed by atoms with Gasteiger partial charge in [0.2, 0.25) is 0 Å². The lowest BCUT2D eigenvalue weighted by atomic mass is 9.70. The van der Waals surface area contributed by atoms with E-state index in [0.717, 1.165) is 12.8 Å². The van der Waals surface area contributed by atoms with Crippen LogP contribution >= 0.6 is 7.52 Å². The van der Waals surface area contributed by atoms with E-state index >= 15 is 0 Å². The van der Waals surface area contributed by atoms with Crippen molar-refractivity contribution >= 4 is 13.5 Å². The summed E-state index contributed by atoms with van der Waals surface area (Å²) >= 11 is 0. The van der Waals surface area contributed by atoms with Gasteiger partial charge < -0.3 is 9.26 Å². The standard InChI is InChI=1S/C16H28NO4P/c1-10(2)17-13-11-7-8-16(5,15(11,3)4)14(13)21-22(17,19)9-12(18)20-6/h10-11,13-14H,7-9H2,1-6H3/t11-,13-,14-,16+,22+/m1/s1. The molecule has 2 bridgehead atoms. The van der Waals surface area contributed by atoms with Crippen molar-refractivity contribution in [2.24, 2.45) is 16.7 Å². The van der Waals surface area contributed by atoms with Crippen LogP contribution in [-0.4, -0.2) is 42.1 Å². The van der Waals surface area contributed by atoms with Gasteiger partial charge in [0.05, 0.1) is 13.2 Å². The van der Waals surface area contributed by atoms with Gasteiger partial charge in [-0.3, -0.25) is 9.36 Å². The van der Waals surface area contributed by atoms with Gasteiger partial charge in [-0.15, -0.1) is 0 Å². The van der Waals surface area contributed by atoms with E-state index < -0.39 is 13.5 Å². The minimum absolute atomic E-state index is 0.0255. The van der Waals surface area contributed by atoms with Crippen LogP contribution in [0.2, 0.25) is 0 Å². The predicted molar refractivity (Wildman–Crippen MR) is 84.7 cm³/mol. The van der Waals surface area contributed by atoms with Gasteiger partial charge in [-0.1, -0.05) is 20.8 Å². The molecule has 0 N–H and O–H groups in total. The molecule has 5 nitrogen and oxygen atoms in total. The molecular formula is C16H28NO4P. The Kier molecular flexibility index (Phi) is 3.60. The van der Waals surface area contributed by atoms with Gasteiger partial charge in [0.1, 0.15) is 6.16 Å². The molecule has 1 heterocycles. The Labute approximate surface area is 133 Å². The molecule has 126 valence electrons. The molecule has 22 heavy (non-hydrogen) atoms. The van der Waals surface area contributed by atoms with Gasteiger partial charge in [0.25, 0.3) is 7.52 Å². The maximum Gasteiger partial charge on any atom is 0.316 e. The molecule has 0 spiro atoms. The second-order valence-corrected chi connectivity index (χ2v) is 10.4. The number of carbonyl (C=O) groups excluding carboxylic acids is 1. The summed E-state index contributed by atoms with van der Waals surface area (Å²) in [5.41, 5.74) is 0.198. The number of methoxy groups -OCH3 is 1. The van der Waals surface area contributed by atoms with Crippen LogP contribution in [0.3, 0.4) is 0 Å². The lowest BCUT2D eigenvalue weighted by Crippen LogP contribution is -2.44. The maximum absolute atomic E-state index is 13.4. The summed E-state index contributed by atoms with van der Waals surface area (Å²) in [5, 5.41) is 0. The number of rotatable bonds is 3. The third-order valence-electron chi connectivity index (χ3n) is 6.75. The Balaban J connectivity index is 2.01. The van der Waals surface area contributed by atoms with Gasteiger partial charge in [-0.05, 0) is 38.0 Å². The van der Waals surface area contributed by atoms with Crippen molar-refractivity contribution in [1.82, 2.24) is 4.67 Å². The van der Waals surface area contributed by atoms with Gasteiger partial charge in [-0.25, -0.2) is 4.67 Å². The fourth-order valence-electron chi connectivity index (χ4n) is 5.24. The molecule has 0 radical (unpaired) electrons. The van der Waals surface area contributed by atoms with Gasteiger partial charge >= 0.3 is 5.97 Å². The van der Waals surface area contributed by atoms with Crippen molar-refractivity contribution in [3.05, 3.63) is 0 Å². The van der Waals surface area contributed by atoms with E-state index in [-0.39, 0.29) is 35.2 Å². The summed E-state index contributed by atoms with van der Waals surface area (Å²) in [6, 6.07) is 0.244. The van der Waals surface area contributed by atoms with Gasteiger partial charge in [0, 0.05) is 17.5 Å². The van der Waals surface area contributed by atoms with Crippen LogP contribution in [0.4, 0.5) is 0 Å². The van der Waals surface area contributed by atoms with Crippen LogP contribution in [0.5, 0.6) is 0 Å². The Morgan fingerprint density at radius 2 is 2.05 bits per heavy atom. The molecule has 3 aliphatic rings. The fraction of sp³-hybridized carbons (Fsp3) is 0.938. The van der Waals surface area contributed by atoms with E-state index in [4.69, 9.17) is 9.26 Å². The summed E-state index contributed by atoms with van der Waals surface area (Å²) in [5.74, 6) is 0.0177. The Hall–Kier alpha value is -0.380. The van der Waals surface area contributed by atoms with Gasteiger partial charge in [0.15, 0.2) is 0 Å². The molecular weight excluding hydrogens is 301 g/mol. The van der Waals surface area contributed by atoms with Crippen molar-refractivity contribution < 1.29 is 18.6 Å². The molecule has 0 unspecified atom stereocenters. The molecule has 0 aromatic heterocycles. The van der Waals surface area contributed by atoms with E-state index in [2.05, 4.69) is 20.8 Å². The molecule has 6 heteroatoms. The average Bonchev–Trinajstić information content (AvgIpc) is 2.88. The van der Waals surface area contributed by atoms with Crippen LogP contribution in [0, 0.1) is 16.7 Å². The SMILES string of the molecule is COC(=O)C[P@]1(=O)O[C@@H]2[C@@H]([C@H]3CC[C@]2(C)C3(C)C)N1C(C)C. The number of hydrogen-bond donors (Lipinski definition) is 0. The molecule has 5 atom stereocenters. The second-order valence-electron chi connectivity index (χ2n) is 8.15. The topological polar surface area (TPSA) is 55.8 Å². The van der Waals surface area contributed by atoms with Crippen molar-refractivity contribution in [3.63, 3.8) is 0 Å². The first-order valence-corrected chi connectivity index (χ1v) is 9.98. The average molecular weight is 329 g/mol. The first kappa shape index (κ1) is 16.5. The number of fused-ring (bicyclic) bond motifs is 5. The lowest BCUT2D eigenvalue weighted by Gasteiger charge is -2.38. The zero-order valence-electron chi connectivity index (χ0n) is 14.5. The second kappa shape index (κ2) is 4.81. The van der Waals surface area contributed by atoms with E-state index in [9.17, 15) is 9.36 Å². The third kappa shape index (κ3) is 1.85. The molecule has 2 aliphatic carbocycles. The van der Waals surface area contributed by atoms with E-state index in [1.54, 1.807) is 0 Å². The van der Waals surface area contributed by atoms with Crippen molar-refractivity contribution in [2.75, 3.05) is 13.3 Å². The molecule has 0 aromatic carbocycles. The summed E-state index contributed by atoms with van der Waals surface area (Å²) in [7, 11) is -1.83. The maximum atomic E-state index is 13.4. The van der Waals surface area contributed by atoms with Crippen LogP contribution in [0.15, 0.2) is 0 Å². The first-order chi connectivity index (χ1) is 10.1. The highest BCUT2D eigenvalue weighted by Gasteiger charge is 2.73. The summed E-state index contributed by atoms with van der Waals surface area (Å²) in [4.78, 5) is 11.7. The number of nitrogens with zero attached hydrogens (tertiary/aromatic N) is 1. The van der Waals surface area contributed by atoms with Crippen LogP contribution in [-0.2, 0) is 18.6 Å². The fourth-order valence-corrected chi connectivity index (χ4v) is 8.14. The van der Waals surface area contributed by atoms with Gasteiger partial charge in [-0.2, -0.15) is 0 Å². The molecule has 3 rings (SSSR count). The highest BCUT2D eigenvalue weighted by Crippen LogP contribution is 2.76. The Morgan fingerprint density at radius 3 is 2.59 bits per heavy atom. The largest absolute Gasteiger partial charge is 0.469 e. The first-order valence-electron chi connectivity index (χ1n) is 8.21. The molecule has 1 aliphatic heterocycles. The normalized spacial score (nSPS) is 46.2. The van der Waals surface area contributed by atoms with Crippen LogP contribution in [0.25, 0.3) is 0 Å². The zero-order chi connectivity index (χ0) is 16.5. The van der Waals surface area contributed by atoms with Crippen LogP contribution in [0.1, 0.15) is 47.5 Å². The number of hydrogen-bond acceptors (Lipinski definition) is 4. The zero-order valence-corrected chi connectivity index (χ0v) is 15.4. The van der Waals surface area contributed by atoms with E-state index in [1.807, 2.05) is 18.5 Å². The molecule has 2 saturated carbocycles. The third-order valence-corrected chi connectivity index (χ3v) is 9.39. The lowest BCUT2D eigenvalue weighted by molar-refractivity contribution is -0.137. The van der Waals surface area contributed by atoms with Crippen molar-refractivity contribution in [1.29, 1.82) is 0 Å². The summed E-state index contributed by atoms with van der Waals surface area (Å²) in [6.45, 7) is 11.0. The van der Waals surface area contributed by atoms with Crippen LogP contribution < -0.4 is 0 Å². The smallest absolute Gasteiger partial charge is 0.316 e. The summed E-state index contributed by atoms with van der Waals surface area (Å²) < 4.78 is 26.4. The minimum Gasteiger partial charge on any atom is -0.469 e.